The minimum absolute atomic E-state index is 0.0309. The van der Waals surface area contributed by atoms with Crippen molar-refractivity contribution in [3.63, 3.8) is 0 Å². The first-order valence-electron chi connectivity index (χ1n) is 8.01. The van der Waals surface area contributed by atoms with Gasteiger partial charge in [-0.3, -0.25) is 4.79 Å². The maximum Gasteiger partial charge on any atom is 0.323 e. The Bertz CT molecular complexity index is 963. The van der Waals surface area contributed by atoms with Crippen molar-refractivity contribution in [2.45, 2.75) is 0 Å². The van der Waals surface area contributed by atoms with Crippen LogP contribution in [0.15, 0.2) is 72.8 Å². The molecule has 3 amide bonds. The average molecular weight is 384 g/mol. The lowest BCUT2D eigenvalue weighted by molar-refractivity contribution is 0.102. The van der Waals surface area contributed by atoms with Crippen LogP contribution in [0.1, 0.15) is 10.4 Å². The summed E-state index contributed by atoms with van der Waals surface area (Å²) >= 11 is 5.88. The Labute approximate surface area is 160 Å². The highest BCUT2D eigenvalue weighted by molar-refractivity contribution is 6.34. The van der Waals surface area contributed by atoms with Gasteiger partial charge in [0.1, 0.15) is 5.82 Å². The predicted octanol–water partition coefficient (Wildman–Crippen LogP) is 5.38. The lowest BCUT2D eigenvalue weighted by Crippen LogP contribution is -2.19. The van der Waals surface area contributed by atoms with E-state index in [0.717, 1.165) is 6.07 Å². The van der Waals surface area contributed by atoms with Gasteiger partial charge in [-0.2, -0.15) is 0 Å². The highest BCUT2D eigenvalue weighted by Crippen LogP contribution is 2.20. The molecule has 0 radical (unpaired) electrons. The Morgan fingerprint density at radius 1 is 0.741 bits per heavy atom. The van der Waals surface area contributed by atoms with Gasteiger partial charge in [0.15, 0.2) is 0 Å². The van der Waals surface area contributed by atoms with Crippen molar-refractivity contribution in [1.29, 1.82) is 0 Å². The molecule has 0 saturated heterocycles. The molecule has 0 saturated carbocycles. The number of para-hydroxylation sites is 1. The molecule has 0 aromatic heterocycles. The largest absolute Gasteiger partial charge is 0.323 e. The van der Waals surface area contributed by atoms with Crippen LogP contribution >= 0.6 is 11.6 Å². The Morgan fingerprint density at radius 2 is 1.30 bits per heavy atom. The number of carbonyl (C=O) groups excluding carboxylic acids is 2. The fourth-order valence-electron chi connectivity index (χ4n) is 2.32. The molecule has 3 aromatic carbocycles. The number of urea groups is 1. The molecule has 0 atom stereocenters. The monoisotopic (exact) mass is 383 g/mol. The standard InChI is InChI=1S/C20H15ClFN3O2/c21-18-12-13(22)6-11-17(18)19(26)23-15-7-9-16(10-8-15)25-20(27)24-14-4-2-1-3-5-14/h1-12H,(H,23,26)(H2,24,25,27). The maximum absolute atomic E-state index is 13.1. The number of hydrogen-bond donors (Lipinski definition) is 3. The van der Waals surface area contributed by atoms with E-state index in [0.29, 0.717) is 17.1 Å². The van der Waals surface area contributed by atoms with E-state index in [2.05, 4.69) is 16.0 Å². The maximum atomic E-state index is 13.1. The fourth-order valence-corrected chi connectivity index (χ4v) is 2.58. The van der Waals surface area contributed by atoms with Gasteiger partial charge in [-0.15, -0.1) is 0 Å². The summed E-state index contributed by atoms with van der Waals surface area (Å²) < 4.78 is 13.1. The first kappa shape index (κ1) is 18.4. The zero-order chi connectivity index (χ0) is 19.2. The fraction of sp³-hybridized carbons (Fsp3) is 0. The summed E-state index contributed by atoms with van der Waals surface area (Å²) in [7, 11) is 0. The van der Waals surface area contributed by atoms with Gasteiger partial charge in [-0.05, 0) is 54.6 Å². The van der Waals surface area contributed by atoms with Crippen LogP contribution in [0, 0.1) is 5.82 Å². The van der Waals surface area contributed by atoms with Crippen LogP contribution in [0.5, 0.6) is 0 Å². The molecule has 27 heavy (non-hydrogen) atoms. The summed E-state index contributed by atoms with van der Waals surface area (Å²) in [4.78, 5) is 24.2. The van der Waals surface area contributed by atoms with E-state index in [9.17, 15) is 14.0 Å². The third-order valence-corrected chi connectivity index (χ3v) is 3.92. The van der Waals surface area contributed by atoms with Crippen molar-refractivity contribution in [2.75, 3.05) is 16.0 Å². The second-order valence-electron chi connectivity index (χ2n) is 5.60. The van der Waals surface area contributed by atoms with Crippen LogP contribution in [-0.2, 0) is 0 Å². The molecule has 0 aliphatic rings. The van der Waals surface area contributed by atoms with E-state index in [1.54, 1.807) is 36.4 Å². The summed E-state index contributed by atoms with van der Waals surface area (Å²) in [5.41, 5.74) is 1.91. The molecule has 0 aliphatic heterocycles. The predicted molar refractivity (Wildman–Crippen MR) is 105 cm³/mol. The van der Waals surface area contributed by atoms with Gasteiger partial charge >= 0.3 is 6.03 Å². The summed E-state index contributed by atoms with van der Waals surface area (Å²) in [5.74, 6) is -0.969. The zero-order valence-electron chi connectivity index (χ0n) is 14.0. The van der Waals surface area contributed by atoms with Gasteiger partial charge in [0.2, 0.25) is 0 Å². The Morgan fingerprint density at radius 3 is 1.89 bits per heavy atom. The van der Waals surface area contributed by atoms with Crippen molar-refractivity contribution in [2.24, 2.45) is 0 Å². The number of anilines is 3. The second-order valence-corrected chi connectivity index (χ2v) is 6.01. The molecule has 0 fully saturated rings. The smallest absolute Gasteiger partial charge is 0.322 e. The first-order valence-corrected chi connectivity index (χ1v) is 8.38. The molecular formula is C20H15ClFN3O2. The van der Waals surface area contributed by atoms with Crippen molar-refractivity contribution < 1.29 is 14.0 Å². The van der Waals surface area contributed by atoms with E-state index in [1.807, 2.05) is 18.2 Å². The van der Waals surface area contributed by atoms with Gasteiger partial charge < -0.3 is 16.0 Å². The molecule has 3 N–H and O–H groups in total. The van der Waals surface area contributed by atoms with Gasteiger partial charge in [-0.1, -0.05) is 29.8 Å². The molecule has 0 aliphatic carbocycles. The highest BCUT2D eigenvalue weighted by atomic mass is 35.5. The van der Waals surface area contributed by atoms with Crippen molar-refractivity contribution >= 4 is 40.6 Å². The van der Waals surface area contributed by atoms with Crippen molar-refractivity contribution in [3.8, 4) is 0 Å². The molecule has 0 unspecified atom stereocenters. The highest BCUT2D eigenvalue weighted by Gasteiger charge is 2.11. The number of carbonyl (C=O) groups is 2. The SMILES string of the molecule is O=C(Nc1ccccc1)Nc1ccc(NC(=O)c2ccc(F)cc2Cl)cc1. The Balaban J connectivity index is 1.60. The average Bonchev–Trinajstić information content (AvgIpc) is 2.64. The number of nitrogens with one attached hydrogen (secondary N) is 3. The molecule has 7 heteroatoms. The topological polar surface area (TPSA) is 70.2 Å². The quantitative estimate of drug-likeness (QED) is 0.566. The van der Waals surface area contributed by atoms with Gasteiger partial charge in [-0.25, -0.2) is 9.18 Å². The van der Waals surface area contributed by atoms with E-state index in [4.69, 9.17) is 11.6 Å². The number of halogens is 2. The molecule has 3 rings (SSSR count). The second kappa shape index (κ2) is 8.33. The zero-order valence-corrected chi connectivity index (χ0v) is 14.8. The van der Waals surface area contributed by atoms with Crippen LogP contribution in [0.25, 0.3) is 0 Å². The molecule has 0 heterocycles. The van der Waals surface area contributed by atoms with Crippen LogP contribution in [0.4, 0.5) is 26.2 Å². The lowest BCUT2D eigenvalue weighted by atomic mass is 10.2. The van der Waals surface area contributed by atoms with Gasteiger partial charge in [0, 0.05) is 17.1 Å². The van der Waals surface area contributed by atoms with Gasteiger partial charge in [0.25, 0.3) is 5.91 Å². The Kier molecular flexibility index (Phi) is 5.68. The minimum Gasteiger partial charge on any atom is -0.322 e. The third-order valence-electron chi connectivity index (χ3n) is 3.61. The third kappa shape index (κ3) is 5.05. The first-order chi connectivity index (χ1) is 13.0. The Hall–Kier alpha value is -3.38. The molecule has 5 nitrogen and oxygen atoms in total. The van der Waals surface area contributed by atoms with E-state index in [1.165, 1.54) is 12.1 Å². The number of hydrogen-bond acceptors (Lipinski definition) is 2. The summed E-state index contributed by atoms with van der Waals surface area (Å²) in [6.07, 6.45) is 0. The molecule has 3 aromatic rings. The van der Waals surface area contributed by atoms with Crippen LogP contribution in [0.2, 0.25) is 5.02 Å². The number of rotatable bonds is 4. The minimum atomic E-state index is -0.513. The molecule has 136 valence electrons. The van der Waals surface area contributed by atoms with Crippen LogP contribution in [0.3, 0.4) is 0 Å². The molecule has 0 spiro atoms. The van der Waals surface area contributed by atoms with Crippen LogP contribution in [-0.4, -0.2) is 11.9 Å². The summed E-state index contributed by atoms with van der Waals surface area (Å²) in [6.45, 7) is 0. The van der Waals surface area contributed by atoms with E-state index in [-0.39, 0.29) is 16.6 Å². The molecule has 0 bridgehead atoms. The van der Waals surface area contributed by atoms with Crippen molar-refractivity contribution in [1.82, 2.24) is 0 Å². The van der Waals surface area contributed by atoms with Gasteiger partial charge in [0.05, 0.1) is 10.6 Å². The lowest BCUT2D eigenvalue weighted by Gasteiger charge is -2.10. The van der Waals surface area contributed by atoms with E-state index < -0.39 is 11.7 Å². The van der Waals surface area contributed by atoms with E-state index >= 15 is 0 Å². The van der Waals surface area contributed by atoms with Crippen LogP contribution < -0.4 is 16.0 Å². The number of amides is 3. The van der Waals surface area contributed by atoms with Crippen molar-refractivity contribution in [3.05, 3.63) is 89.2 Å². The summed E-state index contributed by atoms with van der Waals surface area (Å²) in [5, 5.41) is 8.09. The summed E-state index contributed by atoms with van der Waals surface area (Å²) in [6, 6.07) is 18.8. The number of benzene rings is 3. The normalized spacial score (nSPS) is 10.1. The molecular weight excluding hydrogens is 369 g/mol.